The number of nitrogens with zero attached hydrogens (tertiary/aromatic N) is 1. The molecule has 0 radical (unpaired) electrons. The predicted molar refractivity (Wildman–Crippen MR) is 72.2 cm³/mol. The van der Waals surface area contributed by atoms with Crippen molar-refractivity contribution < 1.29 is 0 Å². The molecule has 3 nitrogen and oxygen atoms in total. The van der Waals surface area contributed by atoms with E-state index in [9.17, 15) is 0 Å². The van der Waals surface area contributed by atoms with Gasteiger partial charge in [-0.1, -0.05) is 26.2 Å². The molecule has 98 valence electrons. The lowest BCUT2D eigenvalue weighted by Crippen LogP contribution is -2.47. The van der Waals surface area contributed by atoms with Gasteiger partial charge in [0.05, 0.1) is 5.84 Å². The Morgan fingerprint density at radius 1 is 1.18 bits per heavy atom. The van der Waals surface area contributed by atoms with E-state index < -0.39 is 0 Å². The first-order valence-electron chi connectivity index (χ1n) is 7.30. The lowest BCUT2D eigenvalue weighted by Gasteiger charge is -2.43. The van der Waals surface area contributed by atoms with Gasteiger partial charge in [0.25, 0.3) is 0 Å². The normalized spacial score (nSPS) is 32.5. The van der Waals surface area contributed by atoms with Crippen LogP contribution in [0.15, 0.2) is 0 Å². The molecule has 0 aromatic heterocycles. The van der Waals surface area contributed by atoms with Crippen molar-refractivity contribution in [2.45, 2.75) is 57.9 Å². The summed E-state index contributed by atoms with van der Waals surface area (Å²) < 4.78 is 0. The maximum absolute atomic E-state index is 7.53. The number of nitrogens with one attached hydrogen (secondary N) is 1. The van der Waals surface area contributed by atoms with E-state index in [2.05, 4.69) is 11.8 Å². The highest BCUT2D eigenvalue weighted by Crippen LogP contribution is 2.32. The topological polar surface area (TPSA) is 53.1 Å². The van der Waals surface area contributed by atoms with Crippen LogP contribution in [0.1, 0.15) is 51.9 Å². The van der Waals surface area contributed by atoms with Gasteiger partial charge in [0.2, 0.25) is 0 Å². The van der Waals surface area contributed by atoms with Crippen LogP contribution >= 0.6 is 0 Å². The third-order valence-electron chi connectivity index (χ3n) is 4.83. The third kappa shape index (κ3) is 3.01. The first-order valence-corrected chi connectivity index (χ1v) is 7.30. The van der Waals surface area contributed by atoms with Crippen molar-refractivity contribution in [1.29, 1.82) is 5.41 Å². The highest BCUT2D eigenvalue weighted by atomic mass is 15.2. The molecule has 2 rings (SSSR count). The molecule has 2 aliphatic rings. The summed E-state index contributed by atoms with van der Waals surface area (Å²) in [6.45, 7) is 4.65. The first kappa shape index (κ1) is 12.9. The van der Waals surface area contributed by atoms with Crippen molar-refractivity contribution in [2.24, 2.45) is 17.6 Å². The number of hydrogen-bond donors (Lipinski definition) is 2. The van der Waals surface area contributed by atoms with E-state index in [0.29, 0.717) is 11.8 Å². The predicted octanol–water partition coefficient (Wildman–Crippen LogP) is 2.60. The summed E-state index contributed by atoms with van der Waals surface area (Å²) in [5, 5.41) is 7.53. The molecule has 0 aromatic carbocycles. The van der Waals surface area contributed by atoms with Crippen molar-refractivity contribution in [1.82, 2.24) is 4.90 Å². The van der Waals surface area contributed by atoms with Crippen molar-refractivity contribution >= 4 is 5.84 Å². The fraction of sp³-hybridized carbons (Fsp3) is 0.929. The number of piperidine rings is 1. The van der Waals surface area contributed by atoms with E-state index in [1.165, 1.54) is 32.1 Å². The van der Waals surface area contributed by atoms with E-state index >= 15 is 0 Å². The summed E-state index contributed by atoms with van der Waals surface area (Å²) in [5.41, 5.74) is 5.61. The maximum Gasteiger partial charge on any atom is 0.0937 e. The van der Waals surface area contributed by atoms with E-state index in [-0.39, 0.29) is 0 Å². The lowest BCUT2D eigenvalue weighted by molar-refractivity contribution is 0.0755. The lowest BCUT2D eigenvalue weighted by atomic mass is 9.80. The average molecular weight is 237 g/mol. The molecule has 0 amide bonds. The Balaban J connectivity index is 1.88. The van der Waals surface area contributed by atoms with Gasteiger partial charge in [-0.2, -0.15) is 0 Å². The van der Waals surface area contributed by atoms with Gasteiger partial charge in [-0.25, -0.2) is 0 Å². The molecule has 0 aromatic rings. The van der Waals surface area contributed by atoms with Gasteiger partial charge in [-0.15, -0.1) is 0 Å². The van der Waals surface area contributed by atoms with Gasteiger partial charge in [0, 0.05) is 12.0 Å². The highest BCUT2D eigenvalue weighted by Gasteiger charge is 2.31. The van der Waals surface area contributed by atoms with Gasteiger partial charge < -0.3 is 10.6 Å². The molecule has 1 saturated heterocycles. The van der Waals surface area contributed by atoms with Gasteiger partial charge in [-0.3, -0.25) is 5.41 Å². The molecule has 1 aliphatic heterocycles. The standard InChI is InChI=1S/C14H27N3/c1-2-11-5-3-4-6-13(11)17-9-7-12(8-10-17)14(15)16/h11-13H,2-10H2,1H3,(H3,15,16). The van der Waals surface area contributed by atoms with Gasteiger partial charge in [0.1, 0.15) is 0 Å². The van der Waals surface area contributed by atoms with Crippen LogP contribution in [0, 0.1) is 17.2 Å². The minimum absolute atomic E-state index is 0.356. The Morgan fingerprint density at radius 3 is 2.41 bits per heavy atom. The Bertz CT molecular complexity index is 256. The Hall–Kier alpha value is -0.570. The van der Waals surface area contributed by atoms with Crippen LogP contribution in [0.2, 0.25) is 0 Å². The second kappa shape index (κ2) is 5.85. The summed E-state index contributed by atoms with van der Waals surface area (Å²) in [6.07, 6.45) is 9.19. The monoisotopic (exact) mass is 237 g/mol. The van der Waals surface area contributed by atoms with E-state index in [4.69, 9.17) is 11.1 Å². The van der Waals surface area contributed by atoms with Crippen LogP contribution in [0.25, 0.3) is 0 Å². The molecule has 2 unspecified atom stereocenters. The molecule has 3 N–H and O–H groups in total. The van der Waals surface area contributed by atoms with E-state index in [0.717, 1.165) is 37.9 Å². The smallest absolute Gasteiger partial charge is 0.0937 e. The van der Waals surface area contributed by atoms with Crippen molar-refractivity contribution in [3.63, 3.8) is 0 Å². The van der Waals surface area contributed by atoms with Crippen LogP contribution < -0.4 is 5.73 Å². The fourth-order valence-corrected chi connectivity index (χ4v) is 3.69. The quantitative estimate of drug-likeness (QED) is 0.585. The van der Waals surface area contributed by atoms with Crippen molar-refractivity contribution in [3.8, 4) is 0 Å². The largest absolute Gasteiger partial charge is 0.387 e. The molecular weight excluding hydrogens is 210 g/mol. The summed E-state index contributed by atoms with van der Waals surface area (Å²) >= 11 is 0. The zero-order chi connectivity index (χ0) is 12.3. The second-order valence-corrected chi connectivity index (χ2v) is 5.79. The summed E-state index contributed by atoms with van der Waals surface area (Å²) in [5.74, 6) is 1.67. The molecule has 0 bridgehead atoms. The number of amidine groups is 1. The number of nitrogens with two attached hydrogens (primary N) is 1. The van der Waals surface area contributed by atoms with Crippen molar-refractivity contribution in [2.75, 3.05) is 13.1 Å². The molecule has 17 heavy (non-hydrogen) atoms. The molecule has 1 saturated carbocycles. The van der Waals surface area contributed by atoms with Gasteiger partial charge >= 0.3 is 0 Å². The maximum atomic E-state index is 7.53. The highest BCUT2D eigenvalue weighted by molar-refractivity contribution is 5.79. The summed E-state index contributed by atoms with van der Waals surface area (Å²) in [7, 11) is 0. The Kier molecular flexibility index (Phi) is 4.43. The van der Waals surface area contributed by atoms with Gasteiger partial charge in [0.15, 0.2) is 0 Å². The molecular formula is C14H27N3. The Labute approximate surface area is 105 Å². The zero-order valence-electron chi connectivity index (χ0n) is 11.1. The minimum atomic E-state index is 0.356. The molecule has 3 heteroatoms. The van der Waals surface area contributed by atoms with Crippen molar-refractivity contribution in [3.05, 3.63) is 0 Å². The third-order valence-corrected chi connectivity index (χ3v) is 4.83. The van der Waals surface area contributed by atoms with Gasteiger partial charge in [-0.05, 0) is 44.7 Å². The van der Waals surface area contributed by atoms with Crippen LogP contribution in [0.3, 0.4) is 0 Å². The van der Waals surface area contributed by atoms with Crippen LogP contribution in [0.4, 0.5) is 0 Å². The zero-order valence-corrected chi connectivity index (χ0v) is 11.1. The minimum Gasteiger partial charge on any atom is -0.387 e. The fourth-order valence-electron chi connectivity index (χ4n) is 3.69. The average Bonchev–Trinajstić information content (AvgIpc) is 2.39. The number of hydrogen-bond acceptors (Lipinski definition) is 2. The molecule has 2 fully saturated rings. The first-order chi connectivity index (χ1) is 8.22. The molecule has 1 heterocycles. The van der Waals surface area contributed by atoms with Crippen LogP contribution in [0.5, 0.6) is 0 Å². The summed E-state index contributed by atoms with van der Waals surface area (Å²) in [4.78, 5) is 2.69. The van der Waals surface area contributed by atoms with Crippen LogP contribution in [-0.2, 0) is 0 Å². The molecule has 0 spiro atoms. The van der Waals surface area contributed by atoms with E-state index in [1.807, 2.05) is 0 Å². The van der Waals surface area contributed by atoms with Crippen LogP contribution in [-0.4, -0.2) is 29.9 Å². The molecule has 2 atom stereocenters. The second-order valence-electron chi connectivity index (χ2n) is 5.79. The summed E-state index contributed by atoms with van der Waals surface area (Å²) in [6, 6.07) is 0.821. The number of likely N-dealkylation sites (tertiary alicyclic amines) is 1. The SMILES string of the molecule is CCC1CCCCC1N1CCC(C(=N)N)CC1. The number of rotatable bonds is 3. The Morgan fingerprint density at radius 2 is 1.82 bits per heavy atom. The van der Waals surface area contributed by atoms with E-state index in [1.54, 1.807) is 0 Å². The molecule has 1 aliphatic carbocycles.